The van der Waals surface area contributed by atoms with Crippen LogP contribution in [0, 0.1) is 0 Å². The first-order valence-electron chi connectivity index (χ1n) is 5.23. The lowest BCUT2D eigenvalue weighted by Gasteiger charge is -2.06. The molecule has 0 radical (unpaired) electrons. The molecule has 0 aliphatic heterocycles. The molecule has 0 bridgehead atoms. The fourth-order valence-corrected chi connectivity index (χ4v) is 1.69. The van der Waals surface area contributed by atoms with E-state index in [0.717, 1.165) is 23.7 Å². The third kappa shape index (κ3) is 3.24. The Bertz CT molecular complexity index is 443. The van der Waals surface area contributed by atoms with Gasteiger partial charge in [0.15, 0.2) is 0 Å². The smallest absolute Gasteiger partial charge is 0.0426 e. The van der Waals surface area contributed by atoms with Gasteiger partial charge in [0.05, 0.1) is 0 Å². The minimum atomic E-state index is 0.758. The van der Waals surface area contributed by atoms with E-state index in [1.807, 2.05) is 48.8 Å². The average Bonchev–Trinajstić information content (AvgIpc) is 2.30. The van der Waals surface area contributed by atoms with Gasteiger partial charge in [0.1, 0.15) is 0 Å². The fourth-order valence-electron chi connectivity index (χ4n) is 1.50. The van der Waals surface area contributed by atoms with Gasteiger partial charge < -0.3 is 5.32 Å². The maximum Gasteiger partial charge on any atom is 0.0426 e. The number of nitrogens with one attached hydrogen (secondary N) is 1. The van der Waals surface area contributed by atoms with Gasteiger partial charge in [-0.2, -0.15) is 0 Å². The largest absolute Gasteiger partial charge is 0.385 e. The number of halogens is 1. The molecule has 2 rings (SSSR count). The van der Waals surface area contributed by atoms with Crippen molar-refractivity contribution in [2.24, 2.45) is 0 Å². The Balaban J connectivity index is 1.85. The third-order valence-corrected chi connectivity index (χ3v) is 2.55. The summed E-state index contributed by atoms with van der Waals surface area (Å²) in [6, 6.07) is 11.8. The molecule has 0 aliphatic rings. The minimum absolute atomic E-state index is 0.758. The third-order valence-electron chi connectivity index (χ3n) is 2.32. The van der Waals surface area contributed by atoms with Crippen molar-refractivity contribution in [3.05, 3.63) is 59.4 Å². The number of hydrogen-bond acceptors (Lipinski definition) is 2. The van der Waals surface area contributed by atoms with E-state index in [-0.39, 0.29) is 0 Å². The number of pyridine rings is 1. The lowest BCUT2D eigenvalue weighted by Crippen LogP contribution is -2.04. The van der Waals surface area contributed by atoms with E-state index in [1.54, 1.807) is 0 Å². The maximum absolute atomic E-state index is 5.89. The molecule has 0 amide bonds. The van der Waals surface area contributed by atoms with Gasteiger partial charge in [0.25, 0.3) is 0 Å². The summed E-state index contributed by atoms with van der Waals surface area (Å²) in [5, 5.41) is 4.09. The predicted octanol–water partition coefficient (Wildman–Crippen LogP) is 3.39. The Morgan fingerprint density at radius 1 is 1.12 bits per heavy atom. The SMILES string of the molecule is Clc1cccc(NCCc2ccncc2)c1. The molecule has 2 aromatic rings. The van der Waals surface area contributed by atoms with E-state index in [0.29, 0.717) is 0 Å². The van der Waals surface area contributed by atoms with Crippen LogP contribution in [0.4, 0.5) is 5.69 Å². The van der Waals surface area contributed by atoms with Crippen LogP contribution in [0.2, 0.25) is 5.02 Å². The summed E-state index contributed by atoms with van der Waals surface area (Å²) < 4.78 is 0. The molecule has 0 fully saturated rings. The van der Waals surface area contributed by atoms with E-state index in [2.05, 4.69) is 10.3 Å². The quantitative estimate of drug-likeness (QED) is 0.874. The van der Waals surface area contributed by atoms with Crippen LogP contribution in [-0.4, -0.2) is 11.5 Å². The van der Waals surface area contributed by atoms with Crippen molar-refractivity contribution in [1.82, 2.24) is 4.98 Å². The number of nitrogens with zero attached hydrogens (tertiary/aromatic N) is 1. The van der Waals surface area contributed by atoms with Gasteiger partial charge in [0.2, 0.25) is 0 Å². The number of anilines is 1. The first-order valence-corrected chi connectivity index (χ1v) is 5.61. The highest BCUT2D eigenvalue weighted by Gasteiger charge is 1.94. The van der Waals surface area contributed by atoms with Gasteiger partial charge in [-0.3, -0.25) is 4.98 Å². The van der Waals surface area contributed by atoms with Crippen LogP contribution in [0.15, 0.2) is 48.8 Å². The zero-order chi connectivity index (χ0) is 11.2. The van der Waals surface area contributed by atoms with Crippen molar-refractivity contribution in [2.75, 3.05) is 11.9 Å². The summed E-state index contributed by atoms with van der Waals surface area (Å²) in [7, 11) is 0. The van der Waals surface area contributed by atoms with Crippen LogP contribution < -0.4 is 5.32 Å². The van der Waals surface area contributed by atoms with Crippen molar-refractivity contribution in [3.8, 4) is 0 Å². The summed E-state index contributed by atoms with van der Waals surface area (Å²) >= 11 is 5.89. The van der Waals surface area contributed by atoms with Gasteiger partial charge in [-0.15, -0.1) is 0 Å². The lowest BCUT2D eigenvalue weighted by atomic mass is 10.2. The van der Waals surface area contributed by atoms with Crippen molar-refractivity contribution in [3.63, 3.8) is 0 Å². The van der Waals surface area contributed by atoms with E-state index in [1.165, 1.54) is 5.56 Å². The van der Waals surface area contributed by atoms with Gasteiger partial charge in [-0.25, -0.2) is 0 Å². The topological polar surface area (TPSA) is 24.9 Å². The Labute approximate surface area is 100 Å². The first kappa shape index (κ1) is 11.0. The average molecular weight is 233 g/mol. The summed E-state index contributed by atoms with van der Waals surface area (Å²) in [5.74, 6) is 0. The van der Waals surface area contributed by atoms with E-state index >= 15 is 0 Å². The monoisotopic (exact) mass is 232 g/mol. The fraction of sp³-hybridized carbons (Fsp3) is 0.154. The first-order chi connectivity index (χ1) is 7.84. The predicted molar refractivity (Wildman–Crippen MR) is 67.9 cm³/mol. The second kappa shape index (κ2) is 5.52. The standard InChI is InChI=1S/C13H13ClN2/c14-12-2-1-3-13(10-12)16-9-6-11-4-7-15-8-5-11/h1-5,7-8,10,16H,6,9H2. The summed E-state index contributed by atoms with van der Waals surface area (Å²) in [6.07, 6.45) is 4.61. The number of benzene rings is 1. The zero-order valence-electron chi connectivity index (χ0n) is 8.86. The van der Waals surface area contributed by atoms with Crippen molar-refractivity contribution >= 4 is 17.3 Å². The summed E-state index contributed by atoms with van der Waals surface area (Å²) in [6.45, 7) is 0.893. The van der Waals surface area contributed by atoms with Crippen molar-refractivity contribution in [1.29, 1.82) is 0 Å². The normalized spacial score (nSPS) is 10.1. The summed E-state index contributed by atoms with van der Waals surface area (Å²) in [5.41, 5.74) is 2.34. The van der Waals surface area contributed by atoms with E-state index < -0.39 is 0 Å². The molecule has 16 heavy (non-hydrogen) atoms. The molecule has 1 heterocycles. The van der Waals surface area contributed by atoms with Crippen molar-refractivity contribution in [2.45, 2.75) is 6.42 Å². The second-order valence-corrected chi connectivity index (χ2v) is 3.98. The van der Waals surface area contributed by atoms with Crippen LogP contribution >= 0.6 is 11.6 Å². The van der Waals surface area contributed by atoms with Crippen LogP contribution in [0.3, 0.4) is 0 Å². The lowest BCUT2D eigenvalue weighted by molar-refractivity contribution is 1.01. The number of rotatable bonds is 4. The van der Waals surface area contributed by atoms with Crippen molar-refractivity contribution < 1.29 is 0 Å². The Hall–Kier alpha value is -1.54. The van der Waals surface area contributed by atoms with E-state index in [9.17, 15) is 0 Å². The van der Waals surface area contributed by atoms with Gasteiger partial charge in [-0.05, 0) is 42.3 Å². The van der Waals surface area contributed by atoms with Crippen LogP contribution in [0.5, 0.6) is 0 Å². The Kier molecular flexibility index (Phi) is 3.78. The zero-order valence-corrected chi connectivity index (χ0v) is 9.61. The molecule has 0 unspecified atom stereocenters. The van der Waals surface area contributed by atoms with Gasteiger partial charge in [-0.1, -0.05) is 17.7 Å². The number of hydrogen-bond donors (Lipinski definition) is 1. The molecular formula is C13H13ClN2. The molecule has 1 aromatic carbocycles. The molecule has 0 saturated heterocycles. The Morgan fingerprint density at radius 3 is 2.69 bits per heavy atom. The van der Waals surface area contributed by atoms with Crippen LogP contribution in [-0.2, 0) is 6.42 Å². The molecule has 0 saturated carbocycles. The molecule has 2 nitrogen and oxygen atoms in total. The highest BCUT2D eigenvalue weighted by atomic mass is 35.5. The molecule has 0 aliphatic carbocycles. The minimum Gasteiger partial charge on any atom is -0.385 e. The van der Waals surface area contributed by atoms with Crippen LogP contribution in [0.25, 0.3) is 0 Å². The summed E-state index contributed by atoms with van der Waals surface area (Å²) in [4.78, 5) is 3.99. The second-order valence-electron chi connectivity index (χ2n) is 3.54. The molecule has 82 valence electrons. The van der Waals surface area contributed by atoms with Crippen LogP contribution in [0.1, 0.15) is 5.56 Å². The highest BCUT2D eigenvalue weighted by Crippen LogP contribution is 2.14. The highest BCUT2D eigenvalue weighted by molar-refractivity contribution is 6.30. The molecule has 3 heteroatoms. The molecule has 0 spiro atoms. The Morgan fingerprint density at radius 2 is 1.94 bits per heavy atom. The van der Waals surface area contributed by atoms with Gasteiger partial charge >= 0.3 is 0 Å². The maximum atomic E-state index is 5.89. The van der Waals surface area contributed by atoms with Gasteiger partial charge in [0, 0.05) is 29.6 Å². The molecule has 1 N–H and O–H groups in total. The molecule has 1 aromatic heterocycles. The number of aromatic nitrogens is 1. The molecule has 0 atom stereocenters. The molecular weight excluding hydrogens is 220 g/mol. The van der Waals surface area contributed by atoms with E-state index in [4.69, 9.17) is 11.6 Å².